The van der Waals surface area contributed by atoms with Crippen molar-refractivity contribution < 1.29 is 28.5 Å². The fraction of sp³-hybridized carbons (Fsp3) is 0.273. The van der Waals surface area contributed by atoms with Crippen molar-refractivity contribution in [2.45, 2.75) is 19.9 Å². The zero-order valence-electron chi connectivity index (χ0n) is 16.3. The predicted octanol–water partition coefficient (Wildman–Crippen LogP) is 3.25. The van der Waals surface area contributed by atoms with Gasteiger partial charge in [0.05, 0.1) is 12.6 Å². The van der Waals surface area contributed by atoms with E-state index in [9.17, 15) is 9.59 Å². The van der Waals surface area contributed by atoms with Crippen molar-refractivity contribution in [3.63, 3.8) is 0 Å². The molecule has 1 aliphatic heterocycles. The zero-order chi connectivity index (χ0) is 20.6. The van der Waals surface area contributed by atoms with Crippen molar-refractivity contribution in [2.24, 2.45) is 0 Å². The molecule has 2 aromatic carbocycles. The van der Waals surface area contributed by atoms with Crippen LogP contribution in [0, 0.1) is 0 Å². The van der Waals surface area contributed by atoms with Crippen molar-refractivity contribution in [1.82, 2.24) is 5.32 Å². The van der Waals surface area contributed by atoms with Gasteiger partial charge in [-0.3, -0.25) is 4.79 Å². The molecule has 2 aromatic rings. The number of amides is 1. The lowest BCUT2D eigenvalue weighted by atomic mass is 10.1. The molecule has 0 aliphatic carbocycles. The van der Waals surface area contributed by atoms with Gasteiger partial charge in [0.1, 0.15) is 5.75 Å². The van der Waals surface area contributed by atoms with Gasteiger partial charge in [0.2, 0.25) is 6.79 Å². The largest absolute Gasteiger partial charge is 0.493 e. The second kappa shape index (κ2) is 9.64. The smallest absolute Gasteiger partial charge is 0.331 e. The minimum absolute atomic E-state index is 0.193. The molecule has 1 N–H and O–H groups in total. The molecule has 3 rings (SSSR count). The molecule has 0 radical (unpaired) electrons. The molecule has 0 saturated carbocycles. The number of carbonyl (C=O) groups is 2. The highest BCUT2D eigenvalue weighted by Gasteiger charge is 2.17. The molecule has 29 heavy (non-hydrogen) atoms. The average Bonchev–Trinajstić information content (AvgIpc) is 3.19. The highest BCUT2D eigenvalue weighted by atomic mass is 16.7. The molecule has 0 saturated heterocycles. The molecule has 0 aromatic heterocycles. The van der Waals surface area contributed by atoms with E-state index in [4.69, 9.17) is 18.9 Å². The zero-order valence-corrected chi connectivity index (χ0v) is 16.3. The number of ether oxygens (including phenoxy) is 4. The summed E-state index contributed by atoms with van der Waals surface area (Å²) in [5, 5.41) is 2.79. The van der Waals surface area contributed by atoms with E-state index in [-0.39, 0.29) is 19.4 Å². The highest BCUT2D eigenvalue weighted by molar-refractivity contribution is 5.89. The van der Waals surface area contributed by atoms with Gasteiger partial charge in [-0.2, -0.15) is 0 Å². The number of para-hydroxylation sites is 1. The minimum atomic E-state index is -0.609. The quantitative estimate of drug-likeness (QED) is 0.544. The number of nitrogens with one attached hydrogen (secondary N) is 1. The van der Waals surface area contributed by atoms with E-state index < -0.39 is 11.9 Å². The van der Waals surface area contributed by atoms with E-state index in [1.165, 1.54) is 6.08 Å². The van der Waals surface area contributed by atoms with E-state index in [0.717, 1.165) is 11.1 Å². The summed E-state index contributed by atoms with van der Waals surface area (Å²) in [6.45, 7) is 4.07. The first-order chi connectivity index (χ1) is 14.1. The van der Waals surface area contributed by atoms with Crippen LogP contribution in [0.3, 0.4) is 0 Å². The third-order valence-electron chi connectivity index (χ3n) is 4.24. The SMILES string of the molecule is CCOc1ccccc1/C=C/C(=O)OCC(=O)N[C@H](C)c1ccc2c(c1)OCO2. The Morgan fingerprint density at radius 3 is 2.79 bits per heavy atom. The monoisotopic (exact) mass is 397 g/mol. The topological polar surface area (TPSA) is 83.1 Å². The van der Waals surface area contributed by atoms with E-state index in [1.807, 2.05) is 50.2 Å². The average molecular weight is 397 g/mol. The van der Waals surface area contributed by atoms with Crippen molar-refractivity contribution in [3.05, 3.63) is 59.7 Å². The maximum Gasteiger partial charge on any atom is 0.331 e. The summed E-state index contributed by atoms with van der Waals surface area (Å²) in [4.78, 5) is 24.0. The Hall–Kier alpha value is -3.48. The van der Waals surface area contributed by atoms with E-state index in [2.05, 4.69) is 5.32 Å². The Labute approximate surface area is 169 Å². The van der Waals surface area contributed by atoms with Gasteiger partial charge in [-0.05, 0) is 43.7 Å². The number of hydrogen-bond donors (Lipinski definition) is 1. The Morgan fingerprint density at radius 1 is 1.17 bits per heavy atom. The van der Waals surface area contributed by atoms with Crippen LogP contribution in [-0.2, 0) is 14.3 Å². The summed E-state index contributed by atoms with van der Waals surface area (Å²) in [6, 6.07) is 12.5. The maximum absolute atomic E-state index is 12.1. The normalized spacial score (nSPS) is 13.2. The van der Waals surface area contributed by atoms with Crippen LogP contribution >= 0.6 is 0 Å². The molecular formula is C22H23NO6. The summed E-state index contributed by atoms with van der Waals surface area (Å²) < 4.78 is 21.1. The van der Waals surface area contributed by atoms with Crippen molar-refractivity contribution in [3.8, 4) is 17.2 Å². The number of carbonyl (C=O) groups excluding carboxylic acids is 2. The molecule has 1 atom stereocenters. The second-order valence-corrected chi connectivity index (χ2v) is 6.31. The summed E-state index contributed by atoms with van der Waals surface area (Å²) in [6.07, 6.45) is 2.87. The second-order valence-electron chi connectivity index (χ2n) is 6.31. The molecule has 1 aliphatic rings. The summed E-state index contributed by atoms with van der Waals surface area (Å²) in [5.74, 6) is 0.995. The molecule has 0 unspecified atom stereocenters. The van der Waals surface area contributed by atoms with Crippen LogP contribution in [-0.4, -0.2) is 31.9 Å². The van der Waals surface area contributed by atoms with Gasteiger partial charge in [-0.1, -0.05) is 24.3 Å². The van der Waals surface area contributed by atoms with Crippen LogP contribution in [0.1, 0.15) is 31.0 Å². The molecule has 1 amide bonds. The first-order valence-electron chi connectivity index (χ1n) is 9.32. The predicted molar refractivity (Wildman–Crippen MR) is 107 cm³/mol. The minimum Gasteiger partial charge on any atom is -0.493 e. The van der Waals surface area contributed by atoms with E-state index in [1.54, 1.807) is 12.1 Å². The first-order valence-corrected chi connectivity index (χ1v) is 9.32. The number of hydrogen-bond acceptors (Lipinski definition) is 6. The van der Waals surface area contributed by atoms with Crippen molar-refractivity contribution in [2.75, 3.05) is 20.0 Å². The van der Waals surface area contributed by atoms with Gasteiger partial charge < -0.3 is 24.3 Å². The van der Waals surface area contributed by atoms with E-state index >= 15 is 0 Å². The third kappa shape index (κ3) is 5.51. The van der Waals surface area contributed by atoms with Gasteiger partial charge in [0.15, 0.2) is 18.1 Å². The molecule has 0 fully saturated rings. The number of benzene rings is 2. The maximum atomic E-state index is 12.1. The van der Waals surface area contributed by atoms with Crippen molar-refractivity contribution in [1.29, 1.82) is 0 Å². The Balaban J connectivity index is 1.48. The Kier molecular flexibility index (Phi) is 6.73. The number of esters is 1. The van der Waals surface area contributed by atoms with Gasteiger partial charge in [-0.25, -0.2) is 4.79 Å². The standard InChI is InChI=1S/C22H23NO6/c1-3-26-18-7-5-4-6-16(18)9-11-22(25)27-13-21(24)23-15(2)17-8-10-19-20(12-17)29-14-28-19/h4-12,15H,3,13-14H2,1-2H3,(H,23,24)/b11-9+/t15-/m1/s1. The molecule has 7 nitrogen and oxygen atoms in total. The molecule has 7 heteroatoms. The number of rotatable bonds is 8. The van der Waals surface area contributed by atoms with Gasteiger partial charge in [0, 0.05) is 11.6 Å². The lowest BCUT2D eigenvalue weighted by Gasteiger charge is -2.14. The van der Waals surface area contributed by atoms with Gasteiger partial charge >= 0.3 is 5.97 Å². The Bertz CT molecular complexity index is 908. The van der Waals surface area contributed by atoms with Gasteiger partial charge in [0.25, 0.3) is 5.91 Å². The van der Waals surface area contributed by atoms with Crippen LogP contribution in [0.15, 0.2) is 48.5 Å². The summed E-state index contributed by atoms with van der Waals surface area (Å²) in [7, 11) is 0. The first kappa shape index (κ1) is 20.3. The molecule has 152 valence electrons. The molecule has 0 bridgehead atoms. The highest BCUT2D eigenvalue weighted by Crippen LogP contribution is 2.34. The van der Waals surface area contributed by atoms with Crippen LogP contribution in [0.5, 0.6) is 17.2 Å². The summed E-state index contributed by atoms with van der Waals surface area (Å²) in [5.41, 5.74) is 1.62. The fourth-order valence-electron chi connectivity index (χ4n) is 2.80. The fourth-order valence-corrected chi connectivity index (χ4v) is 2.80. The van der Waals surface area contributed by atoms with Crippen LogP contribution in [0.2, 0.25) is 0 Å². The molecule has 1 heterocycles. The third-order valence-corrected chi connectivity index (χ3v) is 4.24. The molecule has 0 spiro atoms. The number of fused-ring (bicyclic) bond motifs is 1. The Morgan fingerprint density at radius 2 is 1.97 bits per heavy atom. The van der Waals surface area contributed by atoms with Crippen LogP contribution < -0.4 is 19.5 Å². The van der Waals surface area contributed by atoms with Crippen LogP contribution in [0.4, 0.5) is 0 Å². The van der Waals surface area contributed by atoms with Crippen molar-refractivity contribution >= 4 is 18.0 Å². The van der Waals surface area contributed by atoms with Gasteiger partial charge in [-0.15, -0.1) is 0 Å². The molecular weight excluding hydrogens is 374 g/mol. The lowest BCUT2D eigenvalue weighted by Crippen LogP contribution is -2.30. The summed E-state index contributed by atoms with van der Waals surface area (Å²) >= 11 is 0. The lowest BCUT2D eigenvalue weighted by molar-refractivity contribution is -0.144. The van der Waals surface area contributed by atoms with Crippen LogP contribution in [0.25, 0.3) is 6.08 Å². The van der Waals surface area contributed by atoms with E-state index in [0.29, 0.717) is 23.9 Å².